The lowest BCUT2D eigenvalue weighted by Crippen LogP contribution is -2.61. The summed E-state index contributed by atoms with van der Waals surface area (Å²) in [5, 5.41) is 63.3. The predicted octanol–water partition coefficient (Wildman–Crippen LogP) is -6.82. The molecule has 0 unspecified atom stereocenters. The zero-order chi connectivity index (χ0) is 44.1. The number of amides is 8. The lowest BCUT2D eigenvalue weighted by atomic mass is 10.0. The van der Waals surface area contributed by atoms with E-state index in [2.05, 4.69) is 31.9 Å². The van der Waals surface area contributed by atoms with Crippen LogP contribution in [0, 0.1) is 0 Å². The van der Waals surface area contributed by atoms with Gasteiger partial charge < -0.3 is 74.2 Å². The fourth-order valence-electron chi connectivity index (χ4n) is 4.93. The van der Waals surface area contributed by atoms with E-state index in [1.54, 1.807) is 30.3 Å². The summed E-state index contributed by atoms with van der Waals surface area (Å²) in [6, 6.07) is -3.56. The van der Waals surface area contributed by atoms with Gasteiger partial charge in [0.05, 0.1) is 25.9 Å². The number of carboxylic acids is 2. The van der Waals surface area contributed by atoms with Crippen LogP contribution in [0.25, 0.3) is 0 Å². The molecule has 24 heteroatoms. The van der Waals surface area contributed by atoms with Gasteiger partial charge in [0.1, 0.15) is 42.3 Å². The molecule has 0 fully saturated rings. The molecule has 1 aromatic rings. The van der Waals surface area contributed by atoms with Gasteiger partial charge in [-0.2, -0.15) is 0 Å². The van der Waals surface area contributed by atoms with Gasteiger partial charge in [-0.1, -0.05) is 30.3 Å². The second-order valence-corrected chi connectivity index (χ2v) is 12.9. The molecule has 0 saturated carbocycles. The van der Waals surface area contributed by atoms with Gasteiger partial charge in [-0.15, -0.1) is 0 Å². The van der Waals surface area contributed by atoms with Crippen molar-refractivity contribution in [1.82, 2.24) is 37.2 Å². The molecule has 0 heterocycles. The first kappa shape index (κ1) is 49.8. The number of hydrogen-bond donors (Lipinski definition) is 14. The monoisotopic (exact) mass is 825 g/mol. The highest BCUT2D eigenvalue weighted by molar-refractivity contribution is 5.98. The Bertz CT molecular complexity index is 1630. The maximum atomic E-state index is 13.8. The van der Waals surface area contributed by atoms with Crippen LogP contribution in [0.3, 0.4) is 0 Å². The minimum atomic E-state index is -1.86. The molecule has 1 aromatic carbocycles. The van der Waals surface area contributed by atoms with Crippen molar-refractivity contribution >= 4 is 59.2 Å². The molecular formula is C34H51N9O15. The fourth-order valence-corrected chi connectivity index (χ4v) is 4.93. The molecule has 58 heavy (non-hydrogen) atoms. The standard InChI is InChI=1S/C34H51N9O15/c1-16(37-25(48)13-35)28(51)41-22(14-44)32(55)39-19(8-10-24(36)47)29(52)40-21(12-18-6-4-3-5-7-18)31(54)38-20(9-11-26(49)50)30(53)43-27(17(2)46)33(56)42-23(15-45)34(57)58/h3-7,16-17,19-23,27,44-46H,8-15,35H2,1-2H3,(H2,36,47)(H,37,48)(H,38,54)(H,39,55)(H,40,52)(H,41,51)(H,42,56)(H,43,53)(H,49,50)(H,57,58)/t16-,17+,19-,20-,21-,22-,23-,27-/m0/s1. The maximum Gasteiger partial charge on any atom is 0.328 e. The number of hydrogen-bond acceptors (Lipinski definition) is 14. The molecule has 8 amide bonds. The van der Waals surface area contributed by atoms with Crippen LogP contribution in [0.2, 0.25) is 0 Å². The number of primary amides is 1. The second-order valence-electron chi connectivity index (χ2n) is 12.9. The second kappa shape index (κ2) is 25.1. The lowest BCUT2D eigenvalue weighted by Gasteiger charge is -2.28. The number of aliphatic carboxylic acids is 2. The molecule has 16 N–H and O–H groups in total. The van der Waals surface area contributed by atoms with E-state index in [4.69, 9.17) is 16.6 Å². The summed E-state index contributed by atoms with van der Waals surface area (Å²) in [5.41, 5.74) is 10.9. The Morgan fingerprint density at radius 2 is 1.07 bits per heavy atom. The lowest BCUT2D eigenvalue weighted by molar-refractivity contribution is -0.144. The minimum Gasteiger partial charge on any atom is -0.481 e. The van der Waals surface area contributed by atoms with Crippen molar-refractivity contribution in [1.29, 1.82) is 0 Å². The summed E-state index contributed by atoms with van der Waals surface area (Å²) in [7, 11) is 0. The van der Waals surface area contributed by atoms with Crippen molar-refractivity contribution in [3.05, 3.63) is 35.9 Å². The summed E-state index contributed by atoms with van der Waals surface area (Å²) in [6.45, 7) is -0.151. The molecule has 0 aliphatic carbocycles. The van der Waals surface area contributed by atoms with Crippen molar-refractivity contribution in [2.45, 2.75) is 94.3 Å². The number of rotatable bonds is 26. The predicted molar refractivity (Wildman–Crippen MR) is 197 cm³/mol. The molecule has 0 aliphatic heterocycles. The third-order valence-corrected chi connectivity index (χ3v) is 8.14. The van der Waals surface area contributed by atoms with E-state index in [1.807, 2.05) is 5.32 Å². The van der Waals surface area contributed by atoms with Crippen molar-refractivity contribution in [2.24, 2.45) is 11.5 Å². The first-order valence-electron chi connectivity index (χ1n) is 17.7. The summed E-state index contributed by atoms with van der Waals surface area (Å²) >= 11 is 0. The van der Waals surface area contributed by atoms with E-state index in [1.165, 1.54) is 6.92 Å². The van der Waals surface area contributed by atoms with Gasteiger partial charge in [0.2, 0.25) is 47.3 Å². The Morgan fingerprint density at radius 3 is 1.55 bits per heavy atom. The summed E-state index contributed by atoms with van der Waals surface area (Å²) < 4.78 is 0. The van der Waals surface area contributed by atoms with E-state index >= 15 is 0 Å². The van der Waals surface area contributed by atoms with Crippen molar-refractivity contribution in [3.63, 3.8) is 0 Å². The SMILES string of the molecule is C[C@H](NC(=O)CN)C(=O)N[C@@H](CO)C(=O)N[C@@H](CCC(N)=O)C(=O)N[C@@H](Cc1ccccc1)C(=O)N[C@@H](CCC(=O)O)C(=O)N[C@H](C(=O)N[C@@H](CO)C(=O)O)[C@@H](C)O. The van der Waals surface area contributed by atoms with E-state index in [9.17, 15) is 68.4 Å². The third-order valence-electron chi connectivity index (χ3n) is 8.14. The van der Waals surface area contributed by atoms with Gasteiger partial charge >= 0.3 is 11.9 Å². The molecule has 8 atom stereocenters. The highest BCUT2D eigenvalue weighted by Gasteiger charge is 2.35. The van der Waals surface area contributed by atoms with Crippen molar-refractivity contribution < 1.29 is 73.5 Å². The molecule has 322 valence electrons. The summed E-state index contributed by atoms with van der Waals surface area (Å²) in [5.74, 6) is -11.3. The average molecular weight is 826 g/mol. The van der Waals surface area contributed by atoms with Crippen LogP contribution in [0.15, 0.2) is 30.3 Å². The Hall–Kier alpha value is -6.24. The van der Waals surface area contributed by atoms with Crippen LogP contribution < -0.4 is 48.7 Å². The molecule has 1 rings (SSSR count). The molecule has 0 spiro atoms. The molecule has 0 aliphatic rings. The number of aliphatic hydroxyl groups is 3. The normalized spacial score (nSPS) is 14.9. The number of aliphatic hydroxyl groups excluding tert-OH is 3. The van der Waals surface area contributed by atoms with Gasteiger partial charge in [0, 0.05) is 19.3 Å². The number of carbonyl (C=O) groups is 10. The minimum absolute atomic E-state index is 0.277. The van der Waals surface area contributed by atoms with Crippen LogP contribution in [-0.4, -0.2) is 153 Å². The first-order chi connectivity index (χ1) is 27.2. The number of carbonyl (C=O) groups excluding carboxylic acids is 8. The fraction of sp³-hybridized carbons (Fsp3) is 0.529. The zero-order valence-electron chi connectivity index (χ0n) is 31.6. The Balaban J connectivity index is 3.43. The summed E-state index contributed by atoms with van der Waals surface area (Å²) in [4.78, 5) is 126. The van der Waals surface area contributed by atoms with E-state index in [-0.39, 0.29) is 6.42 Å². The maximum absolute atomic E-state index is 13.8. The van der Waals surface area contributed by atoms with Crippen LogP contribution in [-0.2, 0) is 54.4 Å². The highest BCUT2D eigenvalue weighted by Crippen LogP contribution is 2.09. The van der Waals surface area contributed by atoms with Crippen LogP contribution >= 0.6 is 0 Å². The number of nitrogens with one attached hydrogen (secondary N) is 7. The van der Waals surface area contributed by atoms with Gasteiger partial charge in [0.25, 0.3) is 0 Å². The van der Waals surface area contributed by atoms with Gasteiger partial charge in [-0.25, -0.2) is 4.79 Å². The Kier molecular flexibility index (Phi) is 21.5. The van der Waals surface area contributed by atoms with Gasteiger partial charge in [0.15, 0.2) is 0 Å². The molecular weight excluding hydrogens is 774 g/mol. The smallest absolute Gasteiger partial charge is 0.328 e. The van der Waals surface area contributed by atoms with Crippen LogP contribution in [0.1, 0.15) is 45.1 Å². The largest absolute Gasteiger partial charge is 0.481 e. The molecule has 24 nitrogen and oxygen atoms in total. The van der Waals surface area contributed by atoms with E-state index in [0.717, 1.165) is 6.92 Å². The van der Waals surface area contributed by atoms with Crippen LogP contribution in [0.5, 0.6) is 0 Å². The Labute approximate surface area is 331 Å². The van der Waals surface area contributed by atoms with Gasteiger partial charge in [-0.05, 0) is 32.3 Å². The highest BCUT2D eigenvalue weighted by atomic mass is 16.4. The van der Waals surface area contributed by atoms with Crippen LogP contribution in [0.4, 0.5) is 0 Å². The van der Waals surface area contributed by atoms with E-state index in [0.29, 0.717) is 5.56 Å². The topological polar surface area (TPSA) is 408 Å². The van der Waals surface area contributed by atoms with Crippen molar-refractivity contribution in [3.8, 4) is 0 Å². The number of carboxylic acid groups (broad SMARTS) is 2. The quantitative estimate of drug-likeness (QED) is 0.0413. The molecule has 0 bridgehead atoms. The molecule has 0 radical (unpaired) electrons. The number of benzene rings is 1. The Morgan fingerprint density at radius 1 is 0.603 bits per heavy atom. The van der Waals surface area contributed by atoms with Crippen molar-refractivity contribution in [2.75, 3.05) is 19.8 Å². The van der Waals surface area contributed by atoms with Gasteiger partial charge in [-0.3, -0.25) is 43.2 Å². The van der Waals surface area contributed by atoms with E-state index < -0.39 is 153 Å². The molecule has 0 saturated heterocycles. The summed E-state index contributed by atoms with van der Waals surface area (Å²) in [6.07, 6.45) is -4.19. The third kappa shape index (κ3) is 17.7. The zero-order valence-corrected chi connectivity index (χ0v) is 31.6. The first-order valence-corrected chi connectivity index (χ1v) is 17.7. The average Bonchev–Trinajstić information content (AvgIpc) is 3.16. The number of nitrogens with two attached hydrogens (primary N) is 2. The molecule has 0 aromatic heterocycles.